The van der Waals surface area contributed by atoms with Gasteiger partial charge in [-0.1, -0.05) is 91.0 Å². The molecule has 0 aromatic heterocycles. The number of aliphatic hydroxyl groups excluding tert-OH is 1. The van der Waals surface area contributed by atoms with E-state index in [4.69, 9.17) is 9.84 Å². The molecule has 0 aliphatic carbocycles. The first-order valence-corrected chi connectivity index (χ1v) is 13.1. The van der Waals surface area contributed by atoms with Gasteiger partial charge in [0.15, 0.2) is 0 Å². The molecule has 4 aromatic rings. The van der Waals surface area contributed by atoms with Crippen molar-refractivity contribution in [3.63, 3.8) is 0 Å². The molecule has 0 saturated carbocycles. The predicted molar refractivity (Wildman–Crippen MR) is 153 cm³/mol. The van der Waals surface area contributed by atoms with Crippen LogP contribution in [0.2, 0.25) is 0 Å². The first-order chi connectivity index (χ1) is 18.2. The highest BCUT2D eigenvalue weighted by Gasteiger charge is 2.21. The van der Waals surface area contributed by atoms with Crippen LogP contribution < -0.4 is 5.32 Å². The molecule has 3 N–H and O–H groups in total. The first-order valence-electron chi connectivity index (χ1n) is 13.1. The lowest BCUT2D eigenvalue weighted by molar-refractivity contribution is -0.136. The van der Waals surface area contributed by atoms with Gasteiger partial charge in [0.25, 0.3) is 0 Å². The fourth-order valence-electron chi connectivity index (χ4n) is 4.86. The number of hydrogen-bond donors (Lipinski definition) is 3. The molecule has 0 unspecified atom stereocenters. The average molecular weight is 512 g/mol. The van der Waals surface area contributed by atoms with Gasteiger partial charge in [-0.05, 0) is 65.8 Å². The highest BCUT2D eigenvalue weighted by molar-refractivity contribution is 5.83. The fourth-order valence-corrected chi connectivity index (χ4v) is 4.86. The molecule has 0 fully saturated rings. The molecular formula is C33H37NO4. The van der Waals surface area contributed by atoms with Crippen LogP contribution in [0.4, 0.5) is 0 Å². The summed E-state index contributed by atoms with van der Waals surface area (Å²) in [4.78, 5) is 11.1. The molecular weight excluding hydrogens is 474 g/mol. The van der Waals surface area contributed by atoms with Crippen molar-refractivity contribution in [3.05, 3.63) is 108 Å². The quantitative estimate of drug-likeness (QED) is 0.212. The van der Waals surface area contributed by atoms with E-state index in [0.717, 1.165) is 28.7 Å². The van der Waals surface area contributed by atoms with Gasteiger partial charge in [0, 0.05) is 12.1 Å². The van der Waals surface area contributed by atoms with E-state index in [0.29, 0.717) is 6.54 Å². The zero-order chi connectivity index (χ0) is 27.1. The number of β-amino-alcohol motifs (C(OH)–C–C–N with tert-alkyl or cyclic N) is 1. The second-order valence-corrected chi connectivity index (χ2v) is 10.6. The van der Waals surface area contributed by atoms with Gasteiger partial charge in [-0.2, -0.15) is 0 Å². The van der Waals surface area contributed by atoms with Gasteiger partial charge >= 0.3 is 5.97 Å². The summed E-state index contributed by atoms with van der Waals surface area (Å²) in [7, 11) is 0. The zero-order valence-corrected chi connectivity index (χ0v) is 22.4. The maximum absolute atomic E-state index is 11.1. The number of aliphatic hydroxyl groups is 1. The smallest absolute Gasteiger partial charge is 0.307 e. The summed E-state index contributed by atoms with van der Waals surface area (Å²) in [6, 6.07) is 30.5. The number of hydrogen-bond acceptors (Lipinski definition) is 4. The molecule has 2 atom stereocenters. The minimum atomic E-state index is -0.852. The monoisotopic (exact) mass is 511 g/mol. The lowest BCUT2D eigenvalue weighted by Gasteiger charge is -2.28. The Kier molecular flexibility index (Phi) is 8.95. The van der Waals surface area contributed by atoms with Crippen LogP contribution in [-0.2, 0) is 22.4 Å². The van der Waals surface area contributed by atoms with E-state index in [9.17, 15) is 9.90 Å². The third-order valence-electron chi connectivity index (χ3n) is 6.81. The lowest BCUT2D eigenvalue weighted by atomic mass is 9.93. The molecule has 0 heterocycles. The zero-order valence-electron chi connectivity index (χ0n) is 22.4. The Balaban J connectivity index is 1.33. The Labute approximate surface area is 225 Å². The van der Waals surface area contributed by atoms with E-state index >= 15 is 0 Å². The molecule has 0 spiro atoms. The van der Waals surface area contributed by atoms with Crippen LogP contribution in [-0.4, -0.2) is 41.0 Å². The second kappa shape index (κ2) is 12.4. The molecule has 0 bridgehead atoms. The van der Waals surface area contributed by atoms with E-state index in [1.165, 1.54) is 16.3 Å². The summed E-state index contributed by atoms with van der Waals surface area (Å²) in [5, 5.41) is 25.8. The third kappa shape index (κ3) is 7.51. The average Bonchev–Trinajstić information content (AvgIpc) is 2.90. The molecule has 4 aromatic carbocycles. The van der Waals surface area contributed by atoms with Crippen molar-refractivity contribution in [1.29, 1.82) is 0 Å². The minimum Gasteiger partial charge on any atom is -0.481 e. The Morgan fingerprint density at radius 3 is 2.42 bits per heavy atom. The highest BCUT2D eigenvalue weighted by atomic mass is 16.5. The van der Waals surface area contributed by atoms with Crippen molar-refractivity contribution in [2.45, 2.75) is 51.4 Å². The summed E-state index contributed by atoms with van der Waals surface area (Å²) < 4.78 is 6.09. The normalized spacial score (nSPS) is 13.4. The van der Waals surface area contributed by atoms with Crippen LogP contribution in [0.25, 0.3) is 21.9 Å². The van der Waals surface area contributed by atoms with Gasteiger partial charge in [-0.25, -0.2) is 0 Å². The van der Waals surface area contributed by atoms with Crippen LogP contribution >= 0.6 is 0 Å². The summed E-state index contributed by atoms with van der Waals surface area (Å²) in [6.45, 7) is 6.89. The molecule has 5 nitrogen and oxygen atoms in total. The van der Waals surface area contributed by atoms with Gasteiger partial charge in [-0.15, -0.1) is 0 Å². The van der Waals surface area contributed by atoms with Crippen LogP contribution in [0.1, 0.15) is 43.6 Å². The second-order valence-electron chi connectivity index (χ2n) is 10.6. The highest BCUT2D eigenvalue weighted by Crippen LogP contribution is 2.30. The van der Waals surface area contributed by atoms with E-state index in [2.05, 4.69) is 61.6 Å². The molecule has 0 aliphatic rings. The van der Waals surface area contributed by atoms with E-state index in [-0.39, 0.29) is 24.7 Å². The SMILES string of the molecule is C[C@@H](OC[C@H](O)CNC(C)(C)Cc1ccc2ccccc2c1)c1ccccc1-c1cccc(CC(=O)O)c1. The number of ether oxygens (including phenoxy) is 1. The van der Waals surface area contributed by atoms with Crippen molar-refractivity contribution in [1.82, 2.24) is 5.32 Å². The Morgan fingerprint density at radius 1 is 0.895 bits per heavy atom. The Hall–Kier alpha value is -3.51. The summed E-state index contributed by atoms with van der Waals surface area (Å²) in [6.07, 6.45) is -0.0665. The number of aliphatic carboxylic acids is 1. The largest absolute Gasteiger partial charge is 0.481 e. The Morgan fingerprint density at radius 2 is 1.63 bits per heavy atom. The number of fused-ring (bicyclic) bond motifs is 1. The van der Waals surface area contributed by atoms with E-state index in [1.807, 2.05) is 55.5 Å². The van der Waals surface area contributed by atoms with Crippen LogP contribution in [0, 0.1) is 0 Å². The van der Waals surface area contributed by atoms with Gasteiger partial charge in [0.05, 0.1) is 25.2 Å². The molecule has 0 saturated heterocycles. The van der Waals surface area contributed by atoms with Gasteiger partial charge < -0.3 is 20.3 Å². The molecule has 198 valence electrons. The lowest BCUT2D eigenvalue weighted by Crippen LogP contribution is -2.46. The third-order valence-corrected chi connectivity index (χ3v) is 6.81. The van der Waals surface area contributed by atoms with Gasteiger partial charge in [0.1, 0.15) is 0 Å². The van der Waals surface area contributed by atoms with Gasteiger partial charge in [-0.3, -0.25) is 4.79 Å². The number of benzene rings is 4. The number of rotatable bonds is 12. The van der Waals surface area contributed by atoms with Crippen LogP contribution in [0.15, 0.2) is 91.0 Å². The van der Waals surface area contributed by atoms with Crippen molar-refractivity contribution in [3.8, 4) is 11.1 Å². The standard InChI is InChI=1S/C33H37NO4/c1-23(30-13-6-7-14-31(30)28-12-8-9-24(17-28)19-32(36)37)38-22-29(35)21-34-33(2,3)20-25-15-16-26-10-4-5-11-27(26)18-25/h4-18,23,29,34-35H,19-22H2,1-3H3,(H,36,37)/t23-,29-/m1/s1. The number of carboxylic acids is 1. The molecule has 0 radical (unpaired) electrons. The maximum Gasteiger partial charge on any atom is 0.307 e. The first kappa shape index (κ1) is 27.5. The van der Waals surface area contributed by atoms with Crippen molar-refractivity contribution >= 4 is 16.7 Å². The number of carboxylic acid groups (broad SMARTS) is 1. The fraction of sp³-hybridized carbons (Fsp3) is 0.303. The maximum atomic E-state index is 11.1. The summed E-state index contributed by atoms with van der Waals surface area (Å²) in [5.41, 5.74) is 4.76. The van der Waals surface area contributed by atoms with E-state index in [1.54, 1.807) is 0 Å². The molecule has 5 heteroatoms. The summed E-state index contributed by atoms with van der Waals surface area (Å²) in [5.74, 6) is -0.852. The topological polar surface area (TPSA) is 78.8 Å². The van der Waals surface area contributed by atoms with E-state index < -0.39 is 12.1 Å². The number of carbonyl (C=O) groups is 1. The Bertz CT molecular complexity index is 1380. The van der Waals surface area contributed by atoms with Crippen molar-refractivity contribution in [2.24, 2.45) is 0 Å². The van der Waals surface area contributed by atoms with Crippen LogP contribution in [0.3, 0.4) is 0 Å². The van der Waals surface area contributed by atoms with Crippen molar-refractivity contribution in [2.75, 3.05) is 13.2 Å². The minimum absolute atomic E-state index is 0.0154. The molecule has 38 heavy (non-hydrogen) atoms. The summed E-state index contributed by atoms with van der Waals surface area (Å²) >= 11 is 0. The van der Waals surface area contributed by atoms with Gasteiger partial charge in [0.2, 0.25) is 0 Å². The van der Waals surface area contributed by atoms with Crippen LogP contribution in [0.5, 0.6) is 0 Å². The predicted octanol–water partition coefficient (Wildman–Crippen LogP) is 6.18. The van der Waals surface area contributed by atoms with Crippen molar-refractivity contribution < 1.29 is 19.7 Å². The molecule has 0 aliphatic heterocycles. The molecule has 0 amide bonds. The number of nitrogens with one attached hydrogen (secondary N) is 1. The molecule has 4 rings (SSSR count).